The van der Waals surface area contributed by atoms with E-state index in [1.807, 2.05) is 31.2 Å². The van der Waals surface area contributed by atoms with Crippen molar-refractivity contribution in [1.82, 2.24) is 0 Å². The Bertz CT molecular complexity index is 756. The SMILES string of the molecule is CCOC(=O)c1ccc(N2C[C@H]3C2CN3c2cccc(C)c2)cc1. The molecule has 2 aliphatic rings. The minimum Gasteiger partial charge on any atom is -0.462 e. The molecule has 1 unspecified atom stereocenters. The molecular formula is C20H22N2O2. The standard InChI is InChI=1S/C20H22N2O2/c1-3-24-20(23)15-7-9-16(10-8-15)21-12-19-18(21)13-22(19)17-6-4-5-14(2)11-17/h4-11,18-19H,3,12-13H2,1-2H3/t18?,19-/m0/s1. The van der Waals surface area contributed by atoms with Crippen LogP contribution in [0.1, 0.15) is 22.8 Å². The van der Waals surface area contributed by atoms with Gasteiger partial charge in [0.2, 0.25) is 0 Å². The molecule has 0 amide bonds. The van der Waals surface area contributed by atoms with Crippen LogP contribution in [0.2, 0.25) is 0 Å². The van der Waals surface area contributed by atoms with Crippen LogP contribution >= 0.6 is 0 Å². The lowest BCUT2D eigenvalue weighted by Gasteiger charge is -2.63. The molecule has 4 rings (SSSR count). The van der Waals surface area contributed by atoms with Crippen molar-refractivity contribution in [1.29, 1.82) is 0 Å². The van der Waals surface area contributed by atoms with E-state index in [1.54, 1.807) is 0 Å². The monoisotopic (exact) mass is 322 g/mol. The summed E-state index contributed by atoms with van der Waals surface area (Å²) in [6, 6.07) is 17.7. The van der Waals surface area contributed by atoms with Crippen molar-refractivity contribution >= 4 is 17.3 Å². The van der Waals surface area contributed by atoms with Crippen LogP contribution in [-0.2, 0) is 4.74 Å². The number of piperazine rings is 1. The maximum atomic E-state index is 11.7. The van der Waals surface area contributed by atoms with Crippen LogP contribution in [0.3, 0.4) is 0 Å². The second-order valence-electron chi connectivity index (χ2n) is 6.55. The highest BCUT2D eigenvalue weighted by Gasteiger charge is 2.51. The summed E-state index contributed by atoms with van der Waals surface area (Å²) in [4.78, 5) is 16.6. The maximum Gasteiger partial charge on any atom is 0.338 e. The van der Waals surface area contributed by atoms with Crippen molar-refractivity contribution in [3.63, 3.8) is 0 Å². The Morgan fingerprint density at radius 3 is 2.29 bits per heavy atom. The summed E-state index contributed by atoms with van der Waals surface area (Å²) in [5, 5.41) is 0. The van der Waals surface area contributed by atoms with Crippen molar-refractivity contribution in [3.8, 4) is 0 Å². The average Bonchev–Trinajstić information content (AvgIpc) is 2.57. The molecule has 2 aliphatic heterocycles. The zero-order valence-corrected chi connectivity index (χ0v) is 14.1. The van der Waals surface area contributed by atoms with Gasteiger partial charge in [0.05, 0.1) is 24.3 Å². The van der Waals surface area contributed by atoms with Gasteiger partial charge in [0.1, 0.15) is 0 Å². The first kappa shape index (κ1) is 15.1. The number of aryl methyl sites for hydroxylation is 1. The van der Waals surface area contributed by atoms with E-state index in [0.717, 1.165) is 13.1 Å². The van der Waals surface area contributed by atoms with Crippen LogP contribution in [0.4, 0.5) is 11.4 Å². The molecular weight excluding hydrogens is 300 g/mol. The van der Waals surface area contributed by atoms with E-state index in [4.69, 9.17) is 4.74 Å². The topological polar surface area (TPSA) is 32.8 Å². The number of ether oxygens (including phenoxy) is 1. The Hall–Kier alpha value is -2.49. The summed E-state index contributed by atoms with van der Waals surface area (Å²) in [7, 11) is 0. The number of rotatable bonds is 4. The van der Waals surface area contributed by atoms with Crippen LogP contribution in [-0.4, -0.2) is 37.7 Å². The van der Waals surface area contributed by atoms with Gasteiger partial charge in [0.25, 0.3) is 0 Å². The molecule has 2 heterocycles. The van der Waals surface area contributed by atoms with Crippen molar-refractivity contribution in [2.24, 2.45) is 0 Å². The number of fused-ring (bicyclic) bond motifs is 1. The second kappa shape index (κ2) is 5.86. The highest BCUT2D eigenvalue weighted by atomic mass is 16.5. The number of esters is 1. The fraction of sp³-hybridized carbons (Fsp3) is 0.350. The van der Waals surface area contributed by atoms with E-state index in [0.29, 0.717) is 24.3 Å². The van der Waals surface area contributed by atoms with Crippen LogP contribution in [0, 0.1) is 6.92 Å². The molecule has 0 spiro atoms. The van der Waals surface area contributed by atoms with Gasteiger partial charge < -0.3 is 14.5 Å². The Morgan fingerprint density at radius 2 is 1.71 bits per heavy atom. The second-order valence-corrected chi connectivity index (χ2v) is 6.55. The van der Waals surface area contributed by atoms with E-state index < -0.39 is 0 Å². The lowest BCUT2D eigenvalue weighted by atomic mass is 9.84. The molecule has 0 saturated carbocycles. The van der Waals surface area contributed by atoms with Crippen LogP contribution in [0.5, 0.6) is 0 Å². The van der Waals surface area contributed by atoms with Gasteiger partial charge in [-0.1, -0.05) is 12.1 Å². The fourth-order valence-electron chi connectivity index (χ4n) is 3.66. The predicted octanol–water partition coefficient (Wildman–Crippen LogP) is 3.25. The highest BCUT2D eigenvalue weighted by Crippen LogP contribution is 2.40. The Kier molecular flexibility index (Phi) is 3.68. The van der Waals surface area contributed by atoms with Gasteiger partial charge in [-0.15, -0.1) is 0 Å². The minimum atomic E-state index is -0.250. The van der Waals surface area contributed by atoms with Crippen LogP contribution in [0.15, 0.2) is 48.5 Å². The summed E-state index contributed by atoms with van der Waals surface area (Å²) in [6.07, 6.45) is 0. The molecule has 124 valence electrons. The molecule has 2 aromatic rings. The molecule has 24 heavy (non-hydrogen) atoms. The first-order valence-corrected chi connectivity index (χ1v) is 8.54. The van der Waals surface area contributed by atoms with Gasteiger partial charge in [-0.3, -0.25) is 0 Å². The number of anilines is 2. The normalized spacial score (nSPS) is 21.6. The van der Waals surface area contributed by atoms with Gasteiger partial charge in [0, 0.05) is 24.5 Å². The summed E-state index contributed by atoms with van der Waals surface area (Å²) in [6.45, 7) is 6.47. The molecule has 0 aromatic heterocycles. The van der Waals surface area contributed by atoms with Crippen LogP contribution < -0.4 is 9.80 Å². The van der Waals surface area contributed by atoms with E-state index >= 15 is 0 Å². The number of nitrogens with zero attached hydrogens (tertiary/aromatic N) is 2. The van der Waals surface area contributed by atoms with E-state index in [-0.39, 0.29) is 5.97 Å². The Labute approximate surface area is 142 Å². The molecule has 4 heteroatoms. The van der Waals surface area contributed by atoms with Crippen molar-refractivity contribution < 1.29 is 9.53 Å². The smallest absolute Gasteiger partial charge is 0.338 e. The average molecular weight is 322 g/mol. The summed E-state index contributed by atoms with van der Waals surface area (Å²) < 4.78 is 5.03. The molecule has 0 bridgehead atoms. The lowest BCUT2D eigenvalue weighted by molar-refractivity contribution is 0.0526. The third-order valence-corrected chi connectivity index (χ3v) is 5.06. The van der Waals surface area contributed by atoms with Gasteiger partial charge in [-0.05, 0) is 55.8 Å². The molecule has 0 aliphatic carbocycles. The zero-order chi connectivity index (χ0) is 16.7. The summed E-state index contributed by atoms with van der Waals surface area (Å²) in [5.41, 5.74) is 4.44. The first-order valence-electron chi connectivity index (χ1n) is 8.54. The van der Waals surface area contributed by atoms with Gasteiger partial charge in [-0.2, -0.15) is 0 Å². The number of hydrogen-bond acceptors (Lipinski definition) is 4. The number of carbonyl (C=O) groups excluding carboxylic acids is 1. The van der Waals surface area contributed by atoms with E-state index in [2.05, 4.69) is 41.0 Å². The van der Waals surface area contributed by atoms with E-state index in [1.165, 1.54) is 16.9 Å². The predicted molar refractivity (Wildman–Crippen MR) is 95.8 cm³/mol. The summed E-state index contributed by atoms with van der Waals surface area (Å²) in [5.74, 6) is -0.250. The molecule has 2 aromatic carbocycles. The van der Waals surface area contributed by atoms with Gasteiger partial charge >= 0.3 is 5.97 Å². The zero-order valence-electron chi connectivity index (χ0n) is 14.1. The van der Waals surface area contributed by atoms with Crippen LogP contribution in [0.25, 0.3) is 0 Å². The lowest BCUT2D eigenvalue weighted by Crippen LogP contribution is -2.79. The van der Waals surface area contributed by atoms with Crippen molar-refractivity contribution in [2.75, 3.05) is 29.5 Å². The largest absolute Gasteiger partial charge is 0.462 e. The molecule has 2 fully saturated rings. The third kappa shape index (κ3) is 2.42. The van der Waals surface area contributed by atoms with Crippen molar-refractivity contribution in [3.05, 3.63) is 59.7 Å². The number of benzene rings is 2. The summed E-state index contributed by atoms with van der Waals surface area (Å²) >= 11 is 0. The Morgan fingerprint density at radius 1 is 1.04 bits per heavy atom. The number of carbonyl (C=O) groups is 1. The minimum absolute atomic E-state index is 0.250. The number of hydrogen-bond donors (Lipinski definition) is 0. The molecule has 2 atom stereocenters. The highest BCUT2D eigenvalue weighted by molar-refractivity contribution is 5.89. The molecule has 2 saturated heterocycles. The molecule has 0 N–H and O–H groups in total. The molecule has 4 nitrogen and oxygen atoms in total. The Balaban J connectivity index is 1.40. The van der Waals surface area contributed by atoms with E-state index in [9.17, 15) is 4.79 Å². The van der Waals surface area contributed by atoms with Gasteiger partial charge in [-0.25, -0.2) is 4.79 Å². The van der Waals surface area contributed by atoms with Gasteiger partial charge in [0.15, 0.2) is 0 Å². The first-order chi connectivity index (χ1) is 11.7. The van der Waals surface area contributed by atoms with Crippen molar-refractivity contribution in [2.45, 2.75) is 25.9 Å². The third-order valence-electron chi connectivity index (χ3n) is 5.06. The molecule has 0 radical (unpaired) electrons. The fourth-order valence-corrected chi connectivity index (χ4v) is 3.66. The maximum absolute atomic E-state index is 11.7. The quantitative estimate of drug-likeness (QED) is 0.809.